The predicted molar refractivity (Wildman–Crippen MR) is 73.0 cm³/mol. The highest BCUT2D eigenvalue weighted by molar-refractivity contribution is 7.14. The second kappa shape index (κ2) is 6.38. The van der Waals surface area contributed by atoms with Crippen LogP contribution in [0.25, 0.3) is 0 Å². The van der Waals surface area contributed by atoms with Gasteiger partial charge in [-0.2, -0.15) is 0 Å². The average Bonchev–Trinajstić information content (AvgIpc) is 2.99. The molecular formula is C13H16N2O3S. The number of carboxylic acid groups (broad SMARTS) is 1. The highest BCUT2D eigenvalue weighted by Crippen LogP contribution is 2.30. The zero-order valence-electron chi connectivity index (χ0n) is 10.7. The lowest BCUT2D eigenvalue weighted by Crippen LogP contribution is -2.07. The molecule has 2 rings (SSSR count). The number of aromatic nitrogens is 2. The maximum Gasteiger partial charge on any atom is 0.349 e. The zero-order valence-corrected chi connectivity index (χ0v) is 11.5. The number of nitrogens with zero attached hydrogens (tertiary/aromatic N) is 2. The SMILES string of the molecule is CCCc1cc(OCCn2ccnc2)c(C(=O)O)s1. The molecule has 102 valence electrons. The fraction of sp³-hybridized carbons (Fsp3) is 0.385. The summed E-state index contributed by atoms with van der Waals surface area (Å²) >= 11 is 1.30. The van der Waals surface area contributed by atoms with E-state index < -0.39 is 5.97 Å². The molecule has 0 saturated heterocycles. The minimum absolute atomic E-state index is 0.286. The second-order valence-corrected chi connectivity index (χ2v) is 5.25. The molecule has 0 aliphatic rings. The first-order chi connectivity index (χ1) is 9.20. The first kappa shape index (κ1) is 13.6. The molecule has 6 heteroatoms. The van der Waals surface area contributed by atoms with Crippen molar-refractivity contribution in [2.24, 2.45) is 0 Å². The van der Waals surface area contributed by atoms with Crippen LogP contribution in [0.4, 0.5) is 0 Å². The molecule has 2 heterocycles. The van der Waals surface area contributed by atoms with Gasteiger partial charge >= 0.3 is 5.97 Å². The molecule has 0 aliphatic carbocycles. The monoisotopic (exact) mass is 280 g/mol. The van der Waals surface area contributed by atoms with Crippen molar-refractivity contribution in [3.05, 3.63) is 34.5 Å². The molecular weight excluding hydrogens is 264 g/mol. The number of ether oxygens (including phenoxy) is 1. The number of carbonyl (C=O) groups is 1. The van der Waals surface area contributed by atoms with Crippen molar-refractivity contribution in [3.63, 3.8) is 0 Å². The Hall–Kier alpha value is -1.82. The van der Waals surface area contributed by atoms with Crippen molar-refractivity contribution in [1.82, 2.24) is 9.55 Å². The molecule has 19 heavy (non-hydrogen) atoms. The van der Waals surface area contributed by atoms with E-state index in [1.54, 1.807) is 12.5 Å². The topological polar surface area (TPSA) is 64.4 Å². The average molecular weight is 280 g/mol. The molecule has 0 aromatic carbocycles. The van der Waals surface area contributed by atoms with Crippen molar-refractivity contribution in [1.29, 1.82) is 0 Å². The van der Waals surface area contributed by atoms with Crippen LogP contribution in [0.3, 0.4) is 0 Å². The van der Waals surface area contributed by atoms with Crippen LogP contribution < -0.4 is 4.74 Å². The maximum atomic E-state index is 11.1. The van der Waals surface area contributed by atoms with E-state index in [-0.39, 0.29) is 4.88 Å². The van der Waals surface area contributed by atoms with E-state index in [0.717, 1.165) is 17.7 Å². The van der Waals surface area contributed by atoms with Gasteiger partial charge in [0.15, 0.2) is 4.88 Å². The Labute approximate surface area is 115 Å². The lowest BCUT2D eigenvalue weighted by molar-refractivity contribution is 0.0698. The standard InChI is InChI=1S/C13H16N2O3S/c1-2-3-10-8-11(12(19-10)13(16)17)18-7-6-15-5-4-14-9-15/h4-5,8-9H,2-3,6-7H2,1H3,(H,16,17). The third-order valence-electron chi connectivity index (χ3n) is 2.61. The van der Waals surface area contributed by atoms with Crippen LogP contribution in [0.5, 0.6) is 5.75 Å². The van der Waals surface area contributed by atoms with Crippen LogP contribution >= 0.6 is 11.3 Å². The highest BCUT2D eigenvalue weighted by atomic mass is 32.1. The minimum atomic E-state index is -0.926. The van der Waals surface area contributed by atoms with Crippen LogP contribution in [0.15, 0.2) is 24.8 Å². The molecule has 0 amide bonds. The predicted octanol–water partition coefficient (Wildman–Crippen LogP) is 2.67. The quantitative estimate of drug-likeness (QED) is 0.847. The molecule has 0 spiro atoms. The number of thiophene rings is 1. The maximum absolute atomic E-state index is 11.1. The van der Waals surface area contributed by atoms with Crippen LogP contribution in [0.2, 0.25) is 0 Å². The smallest absolute Gasteiger partial charge is 0.349 e. The first-order valence-electron chi connectivity index (χ1n) is 6.15. The van der Waals surface area contributed by atoms with Gasteiger partial charge in [0.1, 0.15) is 12.4 Å². The van der Waals surface area contributed by atoms with Gasteiger partial charge in [-0.05, 0) is 12.5 Å². The summed E-state index contributed by atoms with van der Waals surface area (Å²) in [5, 5.41) is 9.15. The Morgan fingerprint density at radius 2 is 2.42 bits per heavy atom. The third-order valence-corrected chi connectivity index (χ3v) is 3.77. The normalized spacial score (nSPS) is 10.6. The summed E-state index contributed by atoms with van der Waals surface area (Å²) in [4.78, 5) is 16.4. The summed E-state index contributed by atoms with van der Waals surface area (Å²) in [6.07, 6.45) is 7.13. The van der Waals surface area contributed by atoms with Gasteiger partial charge < -0.3 is 14.4 Å². The fourth-order valence-corrected chi connectivity index (χ4v) is 2.77. The van der Waals surface area contributed by atoms with Crippen LogP contribution in [0, 0.1) is 0 Å². The number of aryl methyl sites for hydroxylation is 1. The third kappa shape index (κ3) is 3.57. The molecule has 1 N–H and O–H groups in total. The number of hydrogen-bond acceptors (Lipinski definition) is 4. The Bertz CT molecular complexity index is 534. The van der Waals surface area contributed by atoms with Gasteiger partial charge in [-0.25, -0.2) is 9.78 Å². The molecule has 0 radical (unpaired) electrons. The summed E-state index contributed by atoms with van der Waals surface area (Å²) in [6, 6.07) is 1.84. The Kier molecular flexibility index (Phi) is 4.57. The van der Waals surface area contributed by atoms with E-state index in [1.165, 1.54) is 11.3 Å². The first-order valence-corrected chi connectivity index (χ1v) is 6.97. The number of rotatable bonds is 7. The lowest BCUT2D eigenvalue weighted by atomic mass is 10.3. The highest BCUT2D eigenvalue weighted by Gasteiger charge is 2.16. The van der Waals surface area contributed by atoms with Gasteiger partial charge in [0.25, 0.3) is 0 Å². The van der Waals surface area contributed by atoms with Gasteiger partial charge in [0.05, 0.1) is 12.9 Å². The summed E-state index contributed by atoms with van der Waals surface area (Å²) in [5.74, 6) is -0.453. The van der Waals surface area contributed by atoms with E-state index >= 15 is 0 Å². The summed E-state index contributed by atoms with van der Waals surface area (Å²) in [6.45, 7) is 3.15. The summed E-state index contributed by atoms with van der Waals surface area (Å²) in [7, 11) is 0. The number of hydrogen-bond donors (Lipinski definition) is 1. The van der Waals surface area contributed by atoms with Gasteiger partial charge in [-0.15, -0.1) is 11.3 Å². The minimum Gasteiger partial charge on any atom is -0.490 e. The molecule has 0 atom stereocenters. The number of imidazole rings is 1. The van der Waals surface area contributed by atoms with Crippen LogP contribution in [0.1, 0.15) is 27.9 Å². The second-order valence-electron chi connectivity index (χ2n) is 4.11. The molecule has 0 saturated carbocycles. The molecule has 2 aromatic heterocycles. The number of carboxylic acids is 1. The summed E-state index contributed by atoms with van der Waals surface area (Å²) in [5.41, 5.74) is 0. The van der Waals surface area contributed by atoms with Crippen molar-refractivity contribution in [3.8, 4) is 5.75 Å². The molecule has 0 fully saturated rings. The Morgan fingerprint density at radius 1 is 1.58 bits per heavy atom. The largest absolute Gasteiger partial charge is 0.490 e. The molecule has 0 unspecified atom stereocenters. The van der Waals surface area contributed by atoms with Crippen LogP contribution in [-0.2, 0) is 13.0 Å². The van der Waals surface area contributed by atoms with E-state index in [1.807, 2.05) is 16.8 Å². The molecule has 5 nitrogen and oxygen atoms in total. The molecule has 0 aliphatic heterocycles. The van der Waals surface area contributed by atoms with Gasteiger partial charge in [0, 0.05) is 17.3 Å². The van der Waals surface area contributed by atoms with Gasteiger partial charge in [0.2, 0.25) is 0 Å². The van der Waals surface area contributed by atoms with Crippen LogP contribution in [-0.4, -0.2) is 27.2 Å². The van der Waals surface area contributed by atoms with Crippen molar-refractivity contribution < 1.29 is 14.6 Å². The fourth-order valence-electron chi connectivity index (χ4n) is 1.73. The van der Waals surface area contributed by atoms with E-state index in [4.69, 9.17) is 9.84 Å². The number of aromatic carboxylic acids is 1. The van der Waals surface area contributed by atoms with Crippen molar-refractivity contribution in [2.45, 2.75) is 26.3 Å². The Balaban J connectivity index is 1.99. The van der Waals surface area contributed by atoms with E-state index in [9.17, 15) is 4.79 Å². The van der Waals surface area contributed by atoms with Crippen molar-refractivity contribution in [2.75, 3.05) is 6.61 Å². The van der Waals surface area contributed by atoms with E-state index in [0.29, 0.717) is 18.9 Å². The lowest BCUT2D eigenvalue weighted by Gasteiger charge is -2.05. The van der Waals surface area contributed by atoms with Gasteiger partial charge in [-0.1, -0.05) is 13.3 Å². The molecule has 0 bridgehead atoms. The van der Waals surface area contributed by atoms with Gasteiger partial charge in [-0.3, -0.25) is 0 Å². The molecule has 2 aromatic rings. The summed E-state index contributed by atoms with van der Waals surface area (Å²) < 4.78 is 7.47. The van der Waals surface area contributed by atoms with E-state index in [2.05, 4.69) is 11.9 Å². The zero-order chi connectivity index (χ0) is 13.7. The Morgan fingerprint density at radius 3 is 3.05 bits per heavy atom. The van der Waals surface area contributed by atoms with Crippen molar-refractivity contribution >= 4 is 17.3 Å².